The van der Waals surface area contributed by atoms with Crippen LogP contribution in [0.1, 0.15) is 12.4 Å². The standard InChI is InChI=1S/C11H10/c1-9-6-7-10-4-2-3-5-11(10)8-9/h2-8H,1H3/i2D,3D,5D,6D,7D. The van der Waals surface area contributed by atoms with E-state index in [4.69, 9.17) is 6.85 Å². The van der Waals surface area contributed by atoms with Crippen molar-refractivity contribution in [3.63, 3.8) is 0 Å². The third-order valence-corrected chi connectivity index (χ3v) is 1.53. The van der Waals surface area contributed by atoms with Gasteiger partial charge in [-0.3, -0.25) is 0 Å². The maximum Gasteiger partial charge on any atom is 0.0629 e. The SMILES string of the molecule is [2H]c1cc2c([2H])c([2H])c(C)cc2c([2H])c1[2H]. The van der Waals surface area contributed by atoms with E-state index in [1.165, 1.54) is 6.07 Å². The minimum Gasteiger partial charge on any atom is -0.0616 e. The first-order valence-electron chi connectivity index (χ1n) is 5.90. The molecule has 0 amide bonds. The Morgan fingerprint density at radius 3 is 2.91 bits per heavy atom. The number of fused-ring (bicyclic) bond motifs is 1. The van der Waals surface area contributed by atoms with Gasteiger partial charge in [0.25, 0.3) is 0 Å². The molecule has 2 aromatic carbocycles. The smallest absolute Gasteiger partial charge is 0.0616 e. The predicted molar refractivity (Wildman–Crippen MR) is 48.7 cm³/mol. The highest BCUT2D eigenvalue weighted by Crippen LogP contribution is 2.14. The van der Waals surface area contributed by atoms with E-state index < -0.39 is 0 Å². The largest absolute Gasteiger partial charge is 0.0629 e. The summed E-state index contributed by atoms with van der Waals surface area (Å²) in [5.41, 5.74) is 0.614. The molecular formula is C11H10. The van der Waals surface area contributed by atoms with Gasteiger partial charge in [-0.25, -0.2) is 0 Å². The molecule has 0 saturated carbocycles. The Balaban J connectivity index is 3.02. The second-order valence-corrected chi connectivity index (χ2v) is 2.44. The van der Waals surface area contributed by atoms with Crippen LogP contribution in [0.2, 0.25) is 0 Å². The van der Waals surface area contributed by atoms with Crippen LogP contribution in [0.15, 0.2) is 42.3 Å². The highest BCUT2D eigenvalue weighted by molar-refractivity contribution is 5.82. The minimum atomic E-state index is -0.135. The summed E-state index contributed by atoms with van der Waals surface area (Å²) in [5, 5.41) is 0.876. The van der Waals surface area contributed by atoms with E-state index in [1.54, 1.807) is 13.0 Å². The van der Waals surface area contributed by atoms with Crippen molar-refractivity contribution in [3.8, 4) is 0 Å². The van der Waals surface area contributed by atoms with E-state index in [0.29, 0.717) is 16.3 Å². The lowest BCUT2D eigenvalue weighted by Gasteiger charge is -1.96. The van der Waals surface area contributed by atoms with Crippen LogP contribution in [0.4, 0.5) is 0 Å². The molecule has 0 aliphatic rings. The first-order valence-corrected chi connectivity index (χ1v) is 3.40. The molecule has 0 saturated heterocycles. The lowest BCUT2D eigenvalue weighted by molar-refractivity contribution is 1.51. The highest BCUT2D eigenvalue weighted by Gasteiger charge is 1.89. The van der Waals surface area contributed by atoms with Gasteiger partial charge in [-0.2, -0.15) is 0 Å². The van der Waals surface area contributed by atoms with Gasteiger partial charge in [-0.15, -0.1) is 0 Å². The third kappa shape index (κ3) is 1.12. The zero-order valence-corrected chi connectivity index (χ0v) is 6.15. The zero-order valence-electron chi connectivity index (χ0n) is 11.2. The molecule has 0 aliphatic carbocycles. The molecule has 0 aromatic heterocycles. The van der Waals surface area contributed by atoms with Gasteiger partial charge in [-0.05, 0) is 17.7 Å². The van der Waals surface area contributed by atoms with Gasteiger partial charge >= 0.3 is 0 Å². The fourth-order valence-corrected chi connectivity index (χ4v) is 0.993. The average molecular weight is 147 g/mol. The van der Waals surface area contributed by atoms with Gasteiger partial charge < -0.3 is 0 Å². The van der Waals surface area contributed by atoms with E-state index in [0.717, 1.165) is 0 Å². The summed E-state index contributed by atoms with van der Waals surface area (Å²) in [7, 11) is 0. The molecule has 0 spiro atoms. The summed E-state index contributed by atoms with van der Waals surface area (Å²) in [6.45, 7) is 1.71. The number of benzene rings is 2. The molecule has 0 atom stereocenters. The van der Waals surface area contributed by atoms with Crippen molar-refractivity contribution >= 4 is 10.8 Å². The van der Waals surface area contributed by atoms with Gasteiger partial charge in [0.15, 0.2) is 0 Å². The van der Waals surface area contributed by atoms with Crippen LogP contribution in [0.3, 0.4) is 0 Å². The molecule has 0 unspecified atom stereocenters. The topological polar surface area (TPSA) is 0 Å². The van der Waals surface area contributed by atoms with Crippen LogP contribution in [-0.2, 0) is 0 Å². The van der Waals surface area contributed by atoms with Gasteiger partial charge in [0, 0.05) is 0 Å². The van der Waals surface area contributed by atoms with Crippen LogP contribution >= 0.6 is 0 Å². The second kappa shape index (κ2) is 2.39. The number of hydrogen-bond acceptors (Lipinski definition) is 0. The molecule has 54 valence electrons. The van der Waals surface area contributed by atoms with Crippen LogP contribution in [0, 0.1) is 6.92 Å². The first-order chi connectivity index (χ1) is 7.43. The Kier molecular flexibility index (Phi) is 0.646. The van der Waals surface area contributed by atoms with Crippen LogP contribution in [0.25, 0.3) is 10.8 Å². The zero-order chi connectivity index (χ0) is 12.0. The number of rotatable bonds is 0. The normalized spacial score (nSPS) is 16.6. The molecule has 0 aliphatic heterocycles. The summed E-state index contributed by atoms with van der Waals surface area (Å²) < 4.78 is 38.2. The van der Waals surface area contributed by atoms with E-state index in [-0.39, 0.29) is 30.2 Å². The minimum absolute atomic E-state index is 0.0250. The van der Waals surface area contributed by atoms with Gasteiger partial charge in [0.05, 0.1) is 6.85 Å². The maximum absolute atomic E-state index is 7.78. The van der Waals surface area contributed by atoms with Crippen LogP contribution in [0.5, 0.6) is 0 Å². The molecule has 0 fully saturated rings. The van der Waals surface area contributed by atoms with Gasteiger partial charge in [0.1, 0.15) is 0 Å². The second-order valence-electron chi connectivity index (χ2n) is 2.44. The number of hydrogen-bond donors (Lipinski definition) is 0. The van der Waals surface area contributed by atoms with Crippen molar-refractivity contribution in [2.75, 3.05) is 0 Å². The molecule has 0 N–H and O–H groups in total. The Labute approximate surface area is 73.5 Å². The van der Waals surface area contributed by atoms with E-state index in [1.807, 2.05) is 0 Å². The fraction of sp³-hybridized carbons (Fsp3) is 0.0909. The van der Waals surface area contributed by atoms with Crippen molar-refractivity contribution < 1.29 is 6.85 Å². The van der Waals surface area contributed by atoms with E-state index in [2.05, 4.69) is 0 Å². The monoisotopic (exact) mass is 147 g/mol. The van der Waals surface area contributed by atoms with E-state index in [9.17, 15) is 0 Å². The molecule has 2 rings (SSSR count). The van der Waals surface area contributed by atoms with Crippen LogP contribution in [-0.4, -0.2) is 0 Å². The molecule has 0 radical (unpaired) electrons. The predicted octanol–water partition coefficient (Wildman–Crippen LogP) is 3.15. The Morgan fingerprint density at radius 2 is 2.00 bits per heavy atom. The lowest BCUT2D eigenvalue weighted by atomic mass is 10.1. The molecular weight excluding hydrogens is 132 g/mol. The van der Waals surface area contributed by atoms with Crippen molar-refractivity contribution in [1.29, 1.82) is 0 Å². The molecule has 0 heteroatoms. The van der Waals surface area contributed by atoms with Crippen molar-refractivity contribution in [1.82, 2.24) is 0 Å². The fourth-order valence-electron chi connectivity index (χ4n) is 0.993. The van der Waals surface area contributed by atoms with Crippen molar-refractivity contribution in [2.24, 2.45) is 0 Å². The summed E-state index contributed by atoms with van der Waals surface area (Å²) in [4.78, 5) is 0. The quantitative estimate of drug-likeness (QED) is 0.537. The van der Waals surface area contributed by atoms with Crippen molar-refractivity contribution in [3.05, 3.63) is 47.9 Å². The highest BCUT2D eigenvalue weighted by atomic mass is 13.9. The Hall–Kier alpha value is -1.30. The van der Waals surface area contributed by atoms with Crippen molar-refractivity contribution in [2.45, 2.75) is 6.92 Å². The number of aryl methyl sites for hydroxylation is 1. The Morgan fingerprint density at radius 1 is 1.09 bits per heavy atom. The third-order valence-electron chi connectivity index (χ3n) is 1.53. The first kappa shape index (κ1) is 2.98. The van der Waals surface area contributed by atoms with E-state index >= 15 is 0 Å². The summed E-state index contributed by atoms with van der Waals surface area (Å²) in [6.07, 6.45) is 0. The molecule has 2 aromatic rings. The maximum atomic E-state index is 7.78. The molecule has 0 heterocycles. The summed E-state index contributed by atoms with van der Waals surface area (Å²) in [6, 6.07) is 2.91. The van der Waals surface area contributed by atoms with Gasteiger partial charge in [-0.1, -0.05) is 47.9 Å². The van der Waals surface area contributed by atoms with Gasteiger partial charge in [0.2, 0.25) is 0 Å². The molecule has 0 bridgehead atoms. The van der Waals surface area contributed by atoms with Crippen LogP contribution < -0.4 is 0 Å². The molecule has 0 nitrogen and oxygen atoms in total. The average Bonchev–Trinajstić information content (AvgIpc) is 2.25. The summed E-state index contributed by atoms with van der Waals surface area (Å²) in [5.74, 6) is 0. The lowest BCUT2D eigenvalue weighted by Crippen LogP contribution is -1.73. The molecule has 11 heavy (non-hydrogen) atoms. The summed E-state index contributed by atoms with van der Waals surface area (Å²) >= 11 is 0. The Bertz CT molecular complexity index is 536.